The molecule has 0 unspecified atom stereocenters. The molecule has 2 aromatic carbocycles. The number of rotatable bonds is 7. The number of nitro benzene ring substituents is 1. The maximum Gasteiger partial charge on any atom is 0.269 e. The van der Waals surface area contributed by atoms with Crippen LogP contribution in [0.15, 0.2) is 42.5 Å². The first-order chi connectivity index (χ1) is 13.8. The van der Waals surface area contributed by atoms with E-state index in [1.54, 1.807) is 0 Å². The van der Waals surface area contributed by atoms with Crippen molar-refractivity contribution in [1.82, 2.24) is 10.9 Å². The Morgan fingerprint density at radius 3 is 2.24 bits per heavy atom. The maximum atomic E-state index is 12.0. The number of amides is 3. The number of benzene rings is 2. The lowest BCUT2D eigenvalue weighted by molar-refractivity contribution is -0.384. The summed E-state index contributed by atoms with van der Waals surface area (Å²) < 4.78 is 0. The van der Waals surface area contributed by atoms with Gasteiger partial charge in [0.1, 0.15) is 0 Å². The molecule has 3 N–H and O–H groups in total. The van der Waals surface area contributed by atoms with Crippen LogP contribution in [0.5, 0.6) is 0 Å². The summed E-state index contributed by atoms with van der Waals surface area (Å²) in [7, 11) is 0. The molecule has 10 heteroatoms. The molecule has 0 aromatic heterocycles. The van der Waals surface area contributed by atoms with E-state index in [4.69, 9.17) is 0 Å². The molecule has 0 spiro atoms. The van der Waals surface area contributed by atoms with Gasteiger partial charge >= 0.3 is 0 Å². The highest BCUT2D eigenvalue weighted by atomic mass is 32.2. The SMILES string of the molecule is Cc1ccc(NC(=O)CSCC(=O)NNC(=O)c2ccc([N+](=O)[O-])cc2)c(C)c1. The second-order valence-electron chi connectivity index (χ2n) is 6.17. The molecule has 0 saturated heterocycles. The van der Waals surface area contributed by atoms with Crippen LogP contribution in [0.4, 0.5) is 11.4 Å². The molecule has 0 heterocycles. The standard InChI is InChI=1S/C19H20N4O5S/c1-12-3-8-16(13(2)9-12)20-17(24)10-29-11-18(25)21-22-19(26)14-4-6-15(7-5-14)23(27)28/h3-9H,10-11H2,1-2H3,(H,20,24)(H,21,25)(H,22,26). The molecule has 0 radical (unpaired) electrons. The van der Waals surface area contributed by atoms with Gasteiger partial charge in [-0.25, -0.2) is 0 Å². The number of non-ortho nitro benzene ring substituents is 1. The monoisotopic (exact) mass is 416 g/mol. The van der Waals surface area contributed by atoms with Crippen LogP contribution in [0.3, 0.4) is 0 Å². The first-order valence-electron chi connectivity index (χ1n) is 8.54. The van der Waals surface area contributed by atoms with Crippen molar-refractivity contribution in [2.45, 2.75) is 13.8 Å². The average molecular weight is 416 g/mol. The van der Waals surface area contributed by atoms with Crippen LogP contribution < -0.4 is 16.2 Å². The molecule has 9 nitrogen and oxygen atoms in total. The Balaban J connectivity index is 1.70. The van der Waals surface area contributed by atoms with Crippen molar-refractivity contribution in [3.05, 3.63) is 69.3 Å². The van der Waals surface area contributed by atoms with Crippen molar-refractivity contribution in [2.75, 3.05) is 16.8 Å². The minimum Gasteiger partial charge on any atom is -0.325 e. The molecule has 2 rings (SSSR count). The van der Waals surface area contributed by atoms with E-state index in [0.717, 1.165) is 28.6 Å². The molecule has 0 saturated carbocycles. The third kappa shape index (κ3) is 6.92. The van der Waals surface area contributed by atoms with Crippen LogP contribution in [0.25, 0.3) is 0 Å². The molecule has 29 heavy (non-hydrogen) atoms. The van der Waals surface area contributed by atoms with E-state index in [2.05, 4.69) is 16.2 Å². The Kier molecular flexibility index (Phi) is 7.72. The van der Waals surface area contributed by atoms with Crippen molar-refractivity contribution < 1.29 is 19.3 Å². The van der Waals surface area contributed by atoms with Crippen LogP contribution in [-0.4, -0.2) is 34.2 Å². The van der Waals surface area contributed by atoms with Gasteiger partial charge in [0.15, 0.2) is 0 Å². The second-order valence-corrected chi connectivity index (χ2v) is 7.15. The molecular formula is C19H20N4O5S. The third-order valence-electron chi connectivity index (χ3n) is 3.78. The number of hydrogen-bond donors (Lipinski definition) is 3. The Hall–Kier alpha value is -3.40. The summed E-state index contributed by atoms with van der Waals surface area (Å²) in [5.41, 5.74) is 7.25. The van der Waals surface area contributed by atoms with Crippen molar-refractivity contribution in [3.8, 4) is 0 Å². The molecule has 0 atom stereocenters. The molecule has 0 aliphatic carbocycles. The third-order valence-corrected chi connectivity index (χ3v) is 4.71. The quantitative estimate of drug-likeness (QED) is 0.469. The number of nitrogens with zero attached hydrogens (tertiary/aromatic N) is 1. The summed E-state index contributed by atoms with van der Waals surface area (Å²) in [5.74, 6) is -1.27. The highest BCUT2D eigenvalue weighted by molar-refractivity contribution is 8.00. The number of aryl methyl sites for hydroxylation is 2. The molecule has 0 fully saturated rings. The normalized spacial score (nSPS) is 10.1. The lowest BCUT2D eigenvalue weighted by Crippen LogP contribution is -2.42. The molecule has 0 aliphatic heterocycles. The van der Waals surface area contributed by atoms with Gasteiger partial charge in [0.05, 0.1) is 16.4 Å². The zero-order chi connectivity index (χ0) is 21.4. The summed E-state index contributed by atoms with van der Waals surface area (Å²) >= 11 is 1.10. The van der Waals surface area contributed by atoms with Crippen LogP contribution >= 0.6 is 11.8 Å². The number of nitrogens with one attached hydrogen (secondary N) is 3. The van der Waals surface area contributed by atoms with Crippen molar-refractivity contribution >= 4 is 40.9 Å². The molecular weight excluding hydrogens is 396 g/mol. The van der Waals surface area contributed by atoms with Crippen molar-refractivity contribution in [2.24, 2.45) is 0 Å². The number of carbonyl (C=O) groups is 3. The average Bonchev–Trinajstić information content (AvgIpc) is 2.68. The minimum absolute atomic E-state index is 0.0269. The highest BCUT2D eigenvalue weighted by Gasteiger charge is 2.11. The van der Waals surface area contributed by atoms with Crippen LogP contribution in [0.2, 0.25) is 0 Å². The summed E-state index contributed by atoms with van der Waals surface area (Å²) in [6.07, 6.45) is 0. The summed E-state index contributed by atoms with van der Waals surface area (Å²) in [5, 5.41) is 13.4. The predicted octanol–water partition coefficient (Wildman–Crippen LogP) is 2.34. The van der Waals surface area contributed by atoms with Crippen molar-refractivity contribution in [1.29, 1.82) is 0 Å². The Labute approximate surface area is 171 Å². The zero-order valence-corrected chi connectivity index (χ0v) is 16.7. The largest absolute Gasteiger partial charge is 0.325 e. The molecule has 3 amide bonds. The van der Waals surface area contributed by atoms with Gasteiger partial charge in [-0.15, -0.1) is 11.8 Å². The smallest absolute Gasteiger partial charge is 0.269 e. The lowest BCUT2D eigenvalue weighted by atomic mass is 10.1. The number of thioether (sulfide) groups is 1. The van der Waals surface area contributed by atoms with Gasteiger partial charge in [-0.1, -0.05) is 17.7 Å². The topological polar surface area (TPSA) is 130 Å². The van der Waals surface area contributed by atoms with Gasteiger partial charge in [0.25, 0.3) is 11.6 Å². The first kappa shape index (κ1) is 21.9. The summed E-state index contributed by atoms with van der Waals surface area (Å²) in [6.45, 7) is 3.87. The van der Waals surface area contributed by atoms with E-state index in [9.17, 15) is 24.5 Å². The summed E-state index contributed by atoms with van der Waals surface area (Å²) in [6, 6.07) is 10.6. The number of hydrazine groups is 1. The second kappa shape index (κ2) is 10.2. The van der Waals surface area contributed by atoms with Crippen molar-refractivity contribution in [3.63, 3.8) is 0 Å². The fourth-order valence-corrected chi connectivity index (χ4v) is 2.96. The number of carbonyl (C=O) groups excluding carboxylic acids is 3. The maximum absolute atomic E-state index is 12.0. The highest BCUT2D eigenvalue weighted by Crippen LogP contribution is 2.16. The molecule has 152 valence electrons. The predicted molar refractivity (Wildman–Crippen MR) is 111 cm³/mol. The Bertz CT molecular complexity index is 931. The van der Waals surface area contributed by atoms with E-state index in [0.29, 0.717) is 0 Å². The zero-order valence-electron chi connectivity index (χ0n) is 15.9. The number of hydrogen-bond acceptors (Lipinski definition) is 6. The van der Waals surface area contributed by atoms with E-state index in [1.807, 2.05) is 32.0 Å². The Morgan fingerprint density at radius 1 is 0.966 bits per heavy atom. The van der Waals surface area contributed by atoms with Crippen LogP contribution in [0, 0.1) is 24.0 Å². The van der Waals surface area contributed by atoms with Crippen LogP contribution in [0.1, 0.15) is 21.5 Å². The minimum atomic E-state index is -0.606. The first-order valence-corrected chi connectivity index (χ1v) is 9.70. The number of nitro groups is 1. The number of anilines is 1. The van der Waals surface area contributed by atoms with Gasteiger partial charge in [0.2, 0.25) is 11.8 Å². The fourth-order valence-electron chi connectivity index (χ4n) is 2.35. The van der Waals surface area contributed by atoms with Gasteiger partial charge in [-0.3, -0.25) is 35.3 Å². The summed E-state index contributed by atoms with van der Waals surface area (Å²) in [4.78, 5) is 45.7. The fraction of sp³-hybridized carbons (Fsp3) is 0.211. The Morgan fingerprint density at radius 2 is 1.62 bits per heavy atom. The van der Waals surface area contributed by atoms with Gasteiger partial charge < -0.3 is 5.32 Å². The lowest BCUT2D eigenvalue weighted by Gasteiger charge is -2.09. The van der Waals surface area contributed by atoms with E-state index < -0.39 is 16.7 Å². The van der Waals surface area contributed by atoms with Crippen LogP contribution in [-0.2, 0) is 9.59 Å². The van der Waals surface area contributed by atoms with E-state index in [-0.39, 0.29) is 28.7 Å². The molecule has 0 bridgehead atoms. The van der Waals surface area contributed by atoms with Gasteiger partial charge in [-0.05, 0) is 37.6 Å². The van der Waals surface area contributed by atoms with E-state index >= 15 is 0 Å². The van der Waals surface area contributed by atoms with Gasteiger partial charge in [-0.2, -0.15) is 0 Å². The molecule has 0 aliphatic rings. The van der Waals surface area contributed by atoms with Gasteiger partial charge in [0, 0.05) is 23.4 Å². The molecule has 2 aromatic rings. The van der Waals surface area contributed by atoms with E-state index in [1.165, 1.54) is 24.3 Å².